The Balaban J connectivity index is 2.46. The molecule has 0 unspecified atom stereocenters. The number of nitrogens with zero attached hydrogens (tertiary/aromatic N) is 1. The lowest BCUT2D eigenvalue weighted by Gasteiger charge is -2.20. The lowest BCUT2D eigenvalue weighted by atomic mass is 10.2. The fourth-order valence-electron chi connectivity index (χ4n) is 1.89. The quantitative estimate of drug-likeness (QED) is 0.500. The molecule has 0 aliphatic rings. The van der Waals surface area contributed by atoms with Crippen LogP contribution in [-0.4, -0.2) is 46.4 Å². The molecule has 1 aromatic carbocycles. The maximum atomic E-state index is 11.2. The smallest absolute Gasteiger partial charge is 0.214 e. The molecule has 0 saturated heterocycles. The van der Waals surface area contributed by atoms with Crippen molar-refractivity contribution in [3.63, 3.8) is 0 Å². The van der Waals surface area contributed by atoms with Gasteiger partial charge in [0.1, 0.15) is 12.4 Å². The van der Waals surface area contributed by atoms with E-state index >= 15 is 0 Å². The summed E-state index contributed by atoms with van der Waals surface area (Å²) in [5, 5.41) is 3.21. The summed E-state index contributed by atoms with van der Waals surface area (Å²) in [6, 6.07) is 7.61. The largest absolute Gasteiger partial charge is 0.492 e. The second-order valence-electron chi connectivity index (χ2n) is 5.24. The first-order valence-corrected chi connectivity index (χ1v) is 7.31. The normalized spacial score (nSPS) is 10.7. The number of carbonyl (C=O) groups is 1. The molecule has 0 fully saturated rings. The first-order chi connectivity index (χ1) is 10.2. The third-order valence-electron chi connectivity index (χ3n) is 2.87. The zero-order valence-corrected chi connectivity index (χ0v) is 13.2. The van der Waals surface area contributed by atoms with E-state index in [1.54, 1.807) is 12.0 Å². The van der Waals surface area contributed by atoms with Crippen LogP contribution >= 0.6 is 0 Å². The second-order valence-corrected chi connectivity index (χ2v) is 5.24. The Hall–Kier alpha value is -1.59. The Kier molecular flexibility index (Phi) is 8.47. The van der Waals surface area contributed by atoms with Crippen LogP contribution in [0.1, 0.15) is 13.8 Å². The van der Waals surface area contributed by atoms with Gasteiger partial charge >= 0.3 is 0 Å². The molecule has 5 nitrogen and oxygen atoms in total. The minimum Gasteiger partial charge on any atom is -0.492 e. The Morgan fingerprint density at radius 1 is 1.29 bits per heavy atom. The van der Waals surface area contributed by atoms with Crippen LogP contribution in [0.3, 0.4) is 0 Å². The Morgan fingerprint density at radius 3 is 2.71 bits per heavy atom. The first kappa shape index (κ1) is 17.5. The van der Waals surface area contributed by atoms with Crippen LogP contribution in [0.4, 0.5) is 5.69 Å². The van der Waals surface area contributed by atoms with Crippen molar-refractivity contribution in [2.45, 2.75) is 13.8 Å². The van der Waals surface area contributed by atoms with Crippen molar-refractivity contribution in [1.29, 1.82) is 0 Å². The van der Waals surface area contributed by atoms with Crippen LogP contribution < -0.4 is 15.0 Å². The Bertz CT molecular complexity index is 410. The molecule has 0 aliphatic heterocycles. The van der Waals surface area contributed by atoms with E-state index in [0.29, 0.717) is 25.7 Å². The number of hydrogen-bond donors (Lipinski definition) is 1. The van der Waals surface area contributed by atoms with Gasteiger partial charge in [0, 0.05) is 38.5 Å². The predicted octanol–water partition coefficient (Wildman–Crippen LogP) is 1.92. The van der Waals surface area contributed by atoms with Crippen LogP contribution in [0.15, 0.2) is 24.3 Å². The molecule has 1 N–H and O–H groups in total. The number of amides is 1. The maximum Gasteiger partial charge on any atom is 0.214 e. The Labute approximate surface area is 127 Å². The average Bonchev–Trinajstić information content (AvgIpc) is 2.48. The van der Waals surface area contributed by atoms with E-state index < -0.39 is 0 Å². The van der Waals surface area contributed by atoms with Crippen molar-refractivity contribution in [3.8, 4) is 5.75 Å². The number of nitrogens with one attached hydrogen (secondary N) is 1. The number of rotatable bonds is 11. The number of methoxy groups -OCH3 is 1. The fraction of sp³-hybridized carbons (Fsp3) is 0.562. The summed E-state index contributed by atoms with van der Waals surface area (Å²) in [5.74, 6) is 1.20. The highest BCUT2D eigenvalue weighted by Crippen LogP contribution is 2.21. The van der Waals surface area contributed by atoms with Crippen molar-refractivity contribution in [1.82, 2.24) is 5.32 Å². The summed E-state index contributed by atoms with van der Waals surface area (Å²) in [6.45, 7) is 7.72. The van der Waals surface area contributed by atoms with Gasteiger partial charge in [-0.15, -0.1) is 0 Å². The van der Waals surface area contributed by atoms with E-state index in [4.69, 9.17) is 9.47 Å². The van der Waals surface area contributed by atoms with E-state index in [-0.39, 0.29) is 0 Å². The van der Waals surface area contributed by atoms with Gasteiger partial charge in [-0.1, -0.05) is 19.9 Å². The fourth-order valence-corrected chi connectivity index (χ4v) is 1.89. The summed E-state index contributed by atoms with van der Waals surface area (Å²) in [6.07, 6.45) is 0.866. The Morgan fingerprint density at radius 2 is 2.05 bits per heavy atom. The molecule has 0 radical (unpaired) electrons. The van der Waals surface area contributed by atoms with Crippen molar-refractivity contribution in [3.05, 3.63) is 24.3 Å². The average molecular weight is 294 g/mol. The minimum atomic E-state index is 0.421. The molecule has 0 atom stereocenters. The van der Waals surface area contributed by atoms with Gasteiger partial charge in [0.2, 0.25) is 6.41 Å². The molecule has 1 amide bonds. The molecule has 0 aromatic heterocycles. The standard InChI is InChI=1S/C16H26N2O3/c1-14(2)12-18(13-19)15-5-4-6-16(11-15)21-10-8-17-7-9-20-3/h4-6,11,13-14,17H,7-10,12H2,1-3H3. The number of ether oxygens (including phenoxy) is 2. The van der Waals surface area contributed by atoms with Gasteiger partial charge in [0.15, 0.2) is 0 Å². The maximum absolute atomic E-state index is 11.2. The van der Waals surface area contributed by atoms with E-state index in [1.165, 1.54) is 0 Å². The van der Waals surface area contributed by atoms with Crippen LogP contribution in [0.25, 0.3) is 0 Å². The highest BCUT2D eigenvalue weighted by molar-refractivity contribution is 5.75. The molecular weight excluding hydrogens is 268 g/mol. The molecule has 21 heavy (non-hydrogen) atoms. The highest BCUT2D eigenvalue weighted by atomic mass is 16.5. The first-order valence-electron chi connectivity index (χ1n) is 7.31. The molecule has 0 saturated carbocycles. The van der Waals surface area contributed by atoms with Gasteiger partial charge < -0.3 is 19.7 Å². The topological polar surface area (TPSA) is 50.8 Å². The van der Waals surface area contributed by atoms with Crippen LogP contribution in [0.2, 0.25) is 0 Å². The van der Waals surface area contributed by atoms with E-state index in [9.17, 15) is 4.79 Å². The molecule has 0 bridgehead atoms. The lowest BCUT2D eigenvalue weighted by molar-refractivity contribution is -0.107. The number of benzene rings is 1. The van der Waals surface area contributed by atoms with Gasteiger partial charge in [-0.3, -0.25) is 4.79 Å². The molecule has 0 heterocycles. The summed E-state index contributed by atoms with van der Waals surface area (Å²) < 4.78 is 10.6. The van der Waals surface area contributed by atoms with Crippen molar-refractivity contribution >= 4 is 12.1 Å². The molecule has 1 rings (SSSR count). The van der Waals surface area contributed by atoms with Crippen LogP contribution in [0.5, 0.6) is 5.75 Å². The summed E-state index contributed by atoms with van der Waals surface area (Å²) >= 11 is 0. The number of anilines is 1. The van der Waals surface area contributed by atoms with Gasteiger partial charge in [0.25, 0.3) is 0 Å². The van der Waals surface area contributed by atoms with Crippen molar-refractivity contribution in [2.75, 3.05) is 44.9 Å². The number of hydrogen-bond acceptors (Lipinski definition) is 4. The summed E-state index contributed by atoms with van der Waals surface area (Å²) in [4.78, 5) is 12.9. The van der Waals surface area contributed by atoms with Crippen molar-refractivity contribution < 1.29 is 14.3 Å². The monoisotopic (exact) mass is 294 g/mol. The minimum absolute atomic E-state index is 0.421. The van der Waals surface area contributed by atoms with Crippen LogP contribution in [0, 0.1) is 5.92 Å². The van der Waals surface area contributed by atoms with Gasteiger partial charge in [-0.05, 0) is 18.1 Å². The molecule has 118 valence electrons. The van der Waals surface area contributed by atoms with Gasteiger partial charge in [-0.2, -0.15) is 0 Å². The van der Waals surface area contributed by atoms with Crippen LogP contribution in [-0.2, 0) is 9.53 Å². The zero-order valence-electron chi connectivity index (χ0n) is 13.2. The molecule has 5 heteroatoms. The van der Waals surface area contributed by atoms with E-state index in [2.05, 4.69) is 19.2 Å². The lowest BCUT2D eigenvalue weighted by Crippen LogP contribution is -2.26. The predicted molar refractivity (Wildman–Crippen MR) is 84.9 cm³/mol. The number of carbonyl (C=O) groups excluding carboxylic acids is 1. The molecule has 0 aliphatic carbocycles. The zero-order chi connectivity index (χ0) is 15.5. The van der Waals surface area contributed by atoms with E-state index in [1.807, 2.05) is 24.3 Å². The van der Waals surface area contributed by atoms with Gasteiger partial charge in [0.05, 0.1) is 6.61 Å². The summed E-state index contributed by atoms with van der Waals surface area (Å²) in [5.41, 5.74) is 0.864. The molecule has 0 spiro atoms. The van der Waals surface area contributed by atoms with Crippen molar-refractivity contribution in [2.24, 2.45) is 5.92 Å². The second kappa shape index (κ2) is 10.2. The molecule has 1 aromatic rings. The third-order valence-corrected chi connectivity index (χ3v) is 2.87. The third kappa shape index (κ3) is 7.11. The highest BCUT2D eigenvalue weighted by Gasteiger charge is 2.08. The van der Waals surface area contributed by atoms with Gasteiger partial charge in [-0.25, -0.2) is 0 Å². The summed E-state index contributed by atoms with van der Waals surface area (Å²) in [7, 11) is 1.68. The molecular formula is C16H26N2O3. The SMILES string of the molecule is COCCNCCOc1cccc(N(C=O)CC(C)C)c1. The van der Waals surface area contributed by atoms with E-state index in [0.717, 1.165) is 30.9 Å².